The number of aliphatic hydroxyl groups excluding tert-OH is 1. The Hall–Kier alpha value is -1.07. The molecule has 0 bridgehead atoms. The summed E-state index contributed by atoms with van der Waals surface area (Å²) in [6, 6.07) is 0. The number of aliphatic hydroxyl groups is 1. The zero-order valence-electron chi connectivity index (χ0n) is 14.2. The van der Waals surface area contributed by atoms with Crippen LogP contribution in [-0.4, -0.2) is 48.5 Å². The van der Waals surface area contributed by atoms with Gasteiger partial charge in [-0.15, -0.1) is 0 Å². The molecule has 2 rings (SSSR count). The SMILES string of the molecule is CCO[C@@H]1OC(C(=O)N2CC2)=C[C@H](C(C)(C)C)[C@@H]1CCCO. The molecule has 0 spiro atoms. The highest BCUT2D eigenvalue weighted by Crippen LogP contribution is 2.43. The first-order chi connectivity index (χ1) is 10.4. The van der Waals surface area contributed by atoms with Crippen molar-refractivity contribution in [1.29, 1.82) is 0 Å². The number of carbonyl (C=O) groups is 1. The van der Waals surface area contributed by atoms with E-state index in [1.165, 1.54) is 0 Å². The quantitative estimate of drug-likeness (QED) is 0.764. The lowest BCUT2D eigenvalue weighted by molar-refractivity contribution is -0.180. The Bertz CT molecular complexity index is 423. The predicted octanol–water partition coefficient (Wildman–Crippen LogP) is 2.16. The molecule has 0 radical (unpaired) electrons. The zero-order chi connectivity index (χ0) is 16.3. The monoisotopic (exact) mass is 311 g/mol. The maximum atomic E-state index is 12.3. The Balaban J connectivity index is 2.26. The van der Waals surface area contributed by atoms with E-state index in [4.69, 9.17) is 14.6 Å². The summed E-state index contributed by atoms with van der Waals surface area (Å²) in [5, 5.41) is 9.17. The second-order valence-corrected chi connectivity index (χ2v) is 7.19. The minimum Gasteiger partial charge on any atom is -0.459 e. The molecule has 3 atom stereocenters. The molecule has 0 aromatic rings. The molecule has 0 aliphatic carbocycles. The van der Waals surface area contributed by atoms with Gasteiger partial charge in [-0.25, -0.2) is 0 Å². The van der Waals surface area contributed by atoms with Crippen molar-refractivity contribution >= 4 is 5.91 Å². The van der Waals surface area contributed by atoms with E-state index in [-0.39, 0.29) is 29.8 Å². The lowest BCUT2D eigenvalue weighted by Crippen LogP contribution is -2.42. The van der Waals surface area contributed by atoms with Crippen molar-refractivity contribution in [1.82, 2.24) is 4.90 Å². The van der Waals surface area contributed by atoms with Crippen LogP contribution in [0.4, 0.5) is 0 Å². The summed E-state index contributed by atoms with van der Waals surface area (Å²) in [5.41, 5.74) is 0.00364. The molecule has 1 fully saturated rings. The summed E-state index contributed by atoms with van der Waals surface area (Å²) in [4.78, 5) is 14.1. The molecule has 0 saturated carbocycles. The molecule has 1 amide bonds. The van der Waals surface area contributed by atoms with E-state index < -0.39 is 6.29 Å². The lowest BCUT2D eigenvalue weighted by Gasteiger charge is -2.42. The van der Waals surface area contributed by atoms with Crippen LogP contribution in [0.15, 0.2) is 11.8 Å². The highest BCUT2D eigenvalue weighted by molar-refractivity contribution is 5.93. The maximum absolute atomic E-state index is 12.3. The first kappa shape index (κ1) is 17.3. The molecule has 1 N–H and O–H groups in total. The fourth-order valence-corrected chi connectivity index (χ4v) is 3.10. The Morgan fingerprint density at radius 2 is 2.14 bits per heavy atom. The molecule has 0 unspecified atom stereocenters. The van der Waals surface area contributed by atoms with E-state index in [0.717, 1.165) is 19.5 Å². The van der Waals surface area contributed by atoms with Crippen molar-refractivity contribution in [2.24, 2.45) is 17.3 Å². The number of hydrogen-bond acceptors (Lipinski definition) is 4. The van der Waals surface area contributed by atoms with Crippen LogP contribution in [0.25, 0.3) is 0 Å². The molecular weight excluding hydrogens is 282 g/mol. The van der Waals surface area contributed by atoms with Gasteiger partial charge in [0.2, 0.25) is 6.29 Å². The van der Waals surface area contributed by atoms with Gasteiger partial charge < -0.3 is 19.5 Å². The van der Waals surface area contributed by atoms with E-state index in [0.29, 0.717) is 18.8 Å². The topological polar surface area (TPSA) is 58.8 Å². The molecule has 126 valence electrons. The van der Waals surface area contributed by atoms with Crippen LogP contribution in [-0.2, 0) is 14.3 Å². The summed E-state index contributed by atoms with van der Waals surface area (Å²) in [5.74, 6) is 0.733. The molecule has 2 aliphatic rings. The summed E-state index contributed by atoms with van der Waals surface area (Å²) in [7, 11) is 0. The standard InChI is InChI=1S/C17H29NO4/c1-5-21-16-12(7-6-10-19)13(17(2,3)4)11-14(22-16)15(20)18-8-9-18/h11-13,16,19H,5-10H2,1-4H3/t12-,13-,16+/m0/s1. The first-order valence-corrected chi connectivity index (χ1v) is 8.28. The normalized spacial score (nSPS) is 28.1. The summed E-state index contributed by atoms with van der Waals surface area (Å²) in [6.07, 6.45) is 3.11. The maximum Gasteiger partial charge on any atom is 0.288 e. The van der Waals surface area contributed by atoms with Gasteiger partial charge in [0.15, 0.2) is 5.76 Å². The molecule has 5 nitrogen and oxygen atoms in total. The van der Waals surface area contributed by atoms with Crippen LogP contribution in [0.2, 0.25) is 0 Å². The number of carbonyl (C=O) groups excluding carboxylic acids is 1. The van der Waals surface area contributed by atoms with E-state index >= 15 is 0 Å². The van der Waals surface area contributed by atoms with Crippen molar-refractivity contribution in [3.05, 3.63) is 11.8 Å². The van der Waals surface area contributed by atoms with Gasteiger partial charge in [-0.05, 0) is 37.2 Å². The molecule has 2 aliphatic heterocycles. The molecule has 2 heterocycles. The minimum absolute atomic E-state index is 0.00364. The van der Waals surface area contributed by atoms with Crippen LogP contribution in [0, 0.1) is 17.3 Å². The van der Waals surface area contributed by atoms with Crippen LogP contribution >= 0.6 is 0 Å². The van der Waals surface area contributed by atoms with Gasteiger partial charge in [0.1, 0.15) is 0 Å². The van der Waals surface area contributed by atoms with Crippen LogP contribution in [0.1, 0.15) is 40.5 Å². The van der Waals surface area contributed by atoms with Crippen LogP contribution in [0.5, 0.6) is 0 Å². The van der Waals surface area contributed by atoms with Gasteiger partial charge in [-0.2, -0.15) is 0 Å². The average Bonchev–Trinajstić information content (AvgIpc) is 3.28. The van der Waals surface area contributed by atoms with Gasteiger partial charge in [0.25, 0.3) is 5.91 Å². The Kier molecular flexibility index (Phi) is 5.50. The number of amides is 1. The van der Waals surface area contributed by atoms with Crippen molar-refractivity contribution in [2.45, 2.75) is 46.8 Å². The molecule has 1 saturated heterocycles. The third kappa shape index (κ3) is 4.02. The Labute approximate surface area is 133 Å². The van der Waals surface area contributed by atoms with Gasteiger partial charge in [0, 0.05) is 32.2 Å². The second-order valence-electron chi connectivity index (χ2n) is 7.19. The Morgan fingerprint density at radius 1 is 1.45 bits per heavy atom. The third-order valence-corrected chi connectivity index (χ3v) is 4.36. The lowest BCUT2D eigenvalue weighted by atomic mass is 9.70. The molecule has 0 aromatic carbocycles. The third-order valence-electron chi connectivity index (χ3n) is 4.36. The number of ether oxygens (including phenoxy) is 2. The van der Waals surface area contributed by atoms with Gasteiger partial charge in [-0.3, -0.25) is 4.79 Å². The van der Waals surface area contributed by atoms with Crippen LogP contribution in [0.3, 0.4) is 0 Å². The second kappa shape index (κ2) is 7.01. The van der Waals surface area contributed by atoms with Gasteiger partial charge >= 0.3 is 0 Å². The molecule has 5 heteroatoms. The van der Waals surface area contributed by atoms with Gasteiger partial charge in [-0.1, -0.05) is 20.8 Å². The smallest absolute Gasteiger partial charge is 0.288 e. The first-order valence-electron chi connectivity index (χ1n) is 8.28. The van der Waals surface area contributed by atoms with E-state index in [1.54, 1.807) is 4.90 Å². The predicted molar refractivity (Wildman–Crippen MR) is 83.9 cm³/mol. The molecular formula is C17H29NO4. The fraction of sp³-hybridized carbons (Fsp3) is 0.824. The van der Waals surface area contributed by atoms with Gasteiger partial charge in [0.05, 0.1) is 0 Å². The Morgan fingerprint density at radius 3 is 2.64 bits per heavy atom. The highest BCUT2D eigenvalue weighted by atomic mass is 16.7. The van der Waals surface area contributed by atoms with Crippen molar-refractivity contribution in [2.75, 3.05) is 26.3 Å². The van der Waals surface area contributed by atoms with E-state index in [2.05, 4.69) is 20.8 Å². The number of rotatable bonds is 6. The summed E-state index contributed by atoms with van der Waals surface area (Å²) >= 11 is 0. The van der Waals surface area contributed by atoms with Crippen molar-refractivity contribution < 1.29 is 19.4 Å². The van der Waals surface area contributed by atoms with E-state index in [9.17, 15) is 4.79 Å². The van der Waals surface area contributed by atoms with Crippen molar-refractivity contribution in [3.8, 4) is 0 Å². The molecule has 0 aromatic heterocycles. The fourth-order valence-electron chi connectivity index (χ4n) is 3.10. The number of hydrogen-bond donors (Lipinski definition) is 1. The average molecular weight is 311 g/mol. The summed E-state index contributed by atoms with van der Waals surface area (Å²) in [6.45, 7) is 10.8. The molecule has 22 heavy (non-hydrogen) atoms. The highest BCUT2D eigenvalue weighted by Gasteiger charge is 2.43. The summed E-state index contributed by atoms with van der Waals surface area (Å²) < 4.78 is 11.7. The number of allylic oxidation sites excluding steroid dienone is 1. The van der Waals surface area contributed by atoms with Crippen molar-refractivity contribution in [3.63, 3.8) is 0 Å². The number of nitrogens with zero attached hydrogens (tertiary/aromatic N) is 1. The minimum atomic E-state index is -0.412. The van der Waals surface area contributed by atoms with Crippen LogP contribution < -0.4 is 0 Å². The largest absolute Gasteiger partial charge is 0.459 e. The van der Waals surface area contributed by atoms with E-state index in [1.807, 2.05) is 13.0 Å². The zero-order valence-corrected chi connectivity index (χ0v) is 14.2.